The SMILES string of the molecule is Cn1c(-c2ccc(Cl)cc2N)nc2c(F)cccc21. The third-order valence-electron chi connectivity index (χ3n) is 3.12. The summed E-state index contributed by atoms with van der Waals surface area (Å²) >= 11 is 5.88. The zero-order valence-electron chi connectivity index (χ0n) is 10.2. The Morgan fingerprint density at radius 2 is 2.05 bits per heavy atom. The summed E-state index contributed by atoms with van der Waals surface area (Å²) in [6.07, 6.45) is 0. The summed E-state index contributed by atoms with van der Waals surface area (Å²) in [5.41, 5.74) is 8.28. The average molecular weight is 276 g/mol. The second kappa shape index (κ2) is 4.24. The number of anilines is 1. The van der Waals surface area contributed by atoms with Gasteiger partial charge in [0.25, 0.3) is 0 Å². The van der Waals surface area contributed by atoms with Gasteiger partial charge in [0, 0.05) is 23.3 Å². The fourth-order valence-corrected chi connectivity index (χ4v) is 2.34. The lowest BCUT2D eigenvalue weighted by molar-refractivity contribution is 0.637. The van der Waals surface area contributed by atoms with E-state index in [1.807, 2.05) is 17.7 Å². The van der Waals surface area contributed by atoms with Gasteiger partial charge in [-0.15, -0.1) is 0 Å². The zero-order chi connectivity index (χ0) is 13.6. The molecule has 0 aliphatic rings. The van der Waals surface area contributed by atoms with Crippen molar-refractivity contribution in [2.24, 2.45) is 7.05 Å². The maximum Gasteiger partial charge on any atom is 0.151 e. The van der Waals surface area contributed by atoms with Crippen LogP contribution in [0, 0.1) is 5.82 Å². The maximum absolute atomic E-state index is 13.7. The first-order chi connectivity index (χ1) is 9.08. The highest BCUT2D eigenvalue weighted by Gasteiger charge is 2.14. The van der Waals surface area contributed by atoms with Crippen LogP contribution in [0.4, 0.5) is 10.1 Å². The first-order valence-corrected chi connectivity index (χ1v) is 6.12. The number of aromatic nitrogens is 2. The van der Waals surface area contributed by atoms with Gasteiger partial charge in [-0.1, -0.05) is 17.7 Å². The average Bonchev–Trinajstić information content (AvgIpc) is 2.69. The number of hydrogen-bond donors (Lipinski definition) is 1. The molecular weight excluding hydrogens is 265 g/mol. The molecule has 2 aromatic carbocycles. The standard InChI is InChI=1S/C14H11ClFN3/c1-19-12-4-2-3-10(16)13(12)18-14(19)9-6-5-8(15)7-11(9)17/h2-7H,17H2,1H3. The Labute approximate surface area is 114 Å². The molecule has 19 heavy (non-hydrogen) atoms. The van der Waals surface area contributed by atoms with E-state index in [9.17, 15) is 4.39 Å². The van der Waals surface area contributed by atoms with Crippen molar-refractivity contribution >= 4 is 28.3 Å². The monoisotopic (exact) mass is 275 g/mol. The van der Waals surface area contributed by atoms with Crippen LogP contribution < -0.4 is 5.73 Å². The predicted molar refractivity (Wildman–Crippen MR) is 75.5 cm³/mol. The summed E-state index contributed by atoms with van der Waals surface area (Å²) in [5.74, 6) is 0.279. The van der Waals surface area contributed by atoms with Crippen LogP contribution >= 0.6 is 11.6 Å². The lowest BCUT2D eigenvalue weighted by Gasteiger charge is -2.06. The fraction of sp³-hybridized carbons (Fsp3) is 0.0714. The molecule has 0 aliphatic heterocycles. The maximum atomic E-state index is 13.7. The molecule has 0 aliphatic carbocycles. The third-order valence-corrected chi connectivity index (χ3v) is 3.35. The smallest absolute Gasteiger partial charge is 0.151 e. The van der Waals surface area contributed by atoms with Crippen molar-refractivity contribution in [2.45, 2.75) is 0 Å². The Bertz CT molecular complexity index is 780. The Balaban J connectivity index is 2.31. The minimum Gasteiger partial charge on any atom is -0.398 e. The summed E-state index contributed by atoms with van der Waals surface area (Å²) in [6.45, 7) is 0. The highest BCUT2D eigenvalue weighted by molar-refractivity contribution is 6.31. The van der Waals surface area contributed by atoms with Gasteiger partial charge in [-0.2, -0.15) is 0 Å². The molecule has 2 N–H and O–H groups in total. The van der Waals surface area contributed by atoms with Crippen molar-refractivity contribution in [3.05, 3.63) is 47.2 Å². The fourth-order valence-electron chi connectivity index (χ4n) is 2.16. The van der Waals surface area contributed by atoms with Crippen molar-refractivity contribution in [1.82, 2.24) is 9.55 Å². The van der Waals surface area contributed by atoms with Gasteiger partial charge in [-0.25, -0.2) is 9.37 Å². The number of imidazole rings is 1. The van der Waals surface area contributed by atoms with Crippen LogP contribution in [0.1, 0.15) is 0 Å². The number of hydrogen-bond acceptors (Lipinski definition) is 2. The van der Waals surface area contributed by atoms with Crippen LogP contribution in [0.3, 0.4) is 0 Å². The highest BCUT2D eigenvalue weighted by atomic mass is 35.5. The van der Waals surface area contributed by atoms with Gasteiger partial charge < -0.3 is 10.3 Å². The summed E-state index contributed by atoms with van der Waals surface area (Å²) in [4.78, 5) is 4.34. The van der Waals surface area contributed by atoms with E-state index in [4.69, 9.17) is 17.3 Å². The predicted octanol–water partition coefficient (Wildman–Crippen LogP) is 3.62. The number of fused-ring (bicyclic) bond motifs is 1. The van der Waals surface area contributed by atoms with Gasteiger partial charge in [0.15, 0.2) is 5.82 Å². The molecule has 3 aromatic rings. The van der Waals surface area contributed by atoms with Crippen LogP contribution in [0.2, 0.25) is 5.02 Å². The van der Waals surface area contributed by atoms with E-state index in [0.29, 0.717) is 22.1 Å². The lowest BCUT2D eigenvalue weighted by atomic mass is 10.1. The van der Waals surface area contributed by atoms with Gasteiger partial charge >= 0.3 is 0 Å². The number of nitrogen functional groups attached to an aromatic ring is 1. The molecule has 5 heteroatoms. The molecule has 0 amide bonds. The number of nitrogens with two attached hydrogens (primary N) is 1. The van der Waals surface area contributed by atoms with Crippen LogP contribution in [0.15, 0.2) is 36.4 Å². The van der Waals surface area contributed by atoms with Crippen LogP contribution in [0.5, 0.6) is 0 Å². The number of benzene rings is 2. The second-order valence-electron chi connectivity index (χ2n) is 4.33. The van der Waals surface area contributed by atoms with Crippen LogP contribution in [-0.2, 0) is 7.05 Å². The molecule has 0 radical (unpaired) electrons. The number of rotatable bonds is 1. The zero-order valence-corrected chi connectivity index (χ0v) is 10.9. The molecule has 0 saturated carbocycles. The molecule has 0 atom stereocenters. The second-order valence-corrected chi connectivity index (χ2v) is 4.77. The van der Waals surface area contributed by atoms with Gasteiger partial charge in [0.1, 0.15) is 11.3 Å². The molecule has 0 saturated heterocycles. The van der Waals surface area contributed by atoms with E-state index in [0.717, 1.165) is 11.1 Å². The Kier molecular flexibility index (Phi) is 2.68. The van der Waals surface area contributed by atoms with E-state index in [2.05, 4.69) is 4.98 Å². The van der Waals surface area contributed by atoms with Crippen LogP contribution in [0.25, 0.3) is 22.4 Å². The molecule has 1 heterocycles. The molecule has 3 nitrogen and oxygen atoms in total. The first kappa shape index (κ1) is 12.0. The first-order valence-electron chi connectivity index (χ1n) is 5.74. The van der Waals surface area contributed by atoms with E-state index in [1.54, 1.807) is 24.3 Å². The molecule has 1 aromatic heterocycles. The van der Waals surface area contributed by atoms with Crippen molar-refractivity contribution in [3.63, 3.8) is 0 Å². The lowest BCUT2D eigenvalue weighted by Crippen LogP contribution is -1.96. The molecule has 0 spiro atoms. The Morgan fingerprint density at radius 3 is 2.74 bits per heavy atom. The molecule has 0 unspecified atom stereocenters. The molecule has 96 valence electrons. The molecule has 3 rings (SSSR count). The van der Waals surface area contributed by atoms with E-state index in [-0.39, 0.29) is 5.82 Å². The summed E-state index contributed by atoms with van der Waals surface area (Å²) < 4.78 is 15.5. The van der Waals surface area contributed by atoms with Crippen molar-refractivity contribution in [3.8, 4) is 11.4 Å². The van der Waals surface area contributed by atoms with E-state index < -0.39 is 0 Å². The number of nitrogens with zero attached hydrogens (tertiary/aromatic N) is 2. The van der Waals surface area contributed by atoms with Gasteiger partial charge in [0.05, 0.1) is 5.52 Å². The number of halogens is 2. The summed E-state index contributed by atoms with van der Waals surface area (Å²) in [6, 6.07) is 10.1. The normalized spacial score (nSPS) is 11.1. The molecule has 0 fully saturated rings. The van der Waals surface area contributed by atoms with Crippen molar-refractivity contribution in [1.29, 1.82) is 0 Å². The van der Waals surface area contributed by atoms with Crippen molar-refractivity contribution in [2.75, 3.05) is 5.73 Å². The molecular formula is C14H11ClFN3. The Hall–Kier alpha value is -2.07. The van der Waals surface area contributed by atoms with E-state index in [1.165, 1.54) is 6.07 Å². The van der Waals surface area contributed by atoms with E-state index >= 15 is 0 Å². The third kappa shape index (κ3) is 1.85. The topological polar surface area (TPSA) is 43.8 Å². The number of para-hydroxylation sites is 1. The quantitative estimate of drug-likeness (QED) is 0.690. The van der Waals surface area contributed by atoms with Gasteiger partial charge in [-0.05, 0) is 30.3 Å². The minimum absolute atomic E-state index is 0.341. The highest BCUT2D eigenvalue weighted by Crippen LogP contribution is 2.30. The van der Waals surface area contributed by atoms with Crippen molar-refractivity contribution < 1.29 is 4.39 Å². The Morgan fingerprint density at radius 1 is 1.26 bits per heavy atom. The van der Waals surface area contributed by atoms with Gasteiger partial charge in [0.2, 0.25) is 0 Å². The van der Waals surface area contributed by atoms with Crippen LogP contribution in [-0.4, -0.2) is 9.55 Å². The summed E-state index contributed by atoms with van der Waals surface area (Å²) in [5, 5.41) is 0.561. The molecule has 0 bridgehead atoms. The number of aryl methyl sites for hydroxylation is 1. The minimum atomic E-state index is -0.341. The van der Waals surface area contributed by atoms with Gasteiger partial charge in [-0.3, -0.25) is 0 Å². The largest absolute Gasteiger partial charge is 0.398 e. The summed E-state index contributed by atoms with van der Waals surface area (Å²) in [7, 11) is 1.83.